The Bertz CT molecular complexity index is 584. The summed E-state index contributed by atoms with van der Waals surface area (Å²) in [5, 5.41) is 70.9. The van der Waals surface area contributed by atoms with Crippen molar-refractivity contribution in [3.63, 3.8) is 0 Å². The Labute approximate surface area is 189 Å². The maximum absolute atomic E-state index is 10.9. The smallest absolute Gasteiger partial charge is 0.187 e. The zero-order valence-corrected chi connectivity index (χ0v) is 17.9. The van der Waals surface area contributed by atoms with E-state index in [0.29, 0.717) is 0 Å². The fraction of sp³-hybridized carbons (Fsp3) is 1.00. The largest absolute Gasteiger partial charge is 0.394 e. The molecule has 3 rings (SSSR count). The molecule has 0 radical (unpaired) electrons. The third-order valence-electron chi connectivity index (χ3n) is 6.48. The lowest BCUT2D eigenvalue weighted by Crippen LogP contribution is -2.68. The molecule has 2 saturated heterocycles. The number of aliphatic hydroxyl groups excluding tert-OH is 7. The fourth-order valence-electron chi connectivity index (χ4n) is 4.40. The van der Waals surface area contributed by atoms with Crippen molar-refractivity contribution in [2.45, 2.75) is 98.2 Å². The standard InChI is InChI=1S/C18H36N4O11/c19-2-6-10(25)12(27)13(28)18(30-6)33-16-5(21)1-4(20)15(14(16)29)32-17-11(26)8(22)9(24)7(3-23)31-17/h4-18,23-29H,1-3,19-22H2/t4-,5?,6?,7?,8-,9-,10-,11?,12+,13?,14?,15-,16-,17-,18+/m1/s1. The van der Waals surface area contributed by atoms with Gasteiger partial charge in [-0.05, 0) is 6.42 Å². The lowest BCUT2D eigenvalue weighted by atomic mass is 9.84. The lowest BCUT2D eigenvalue weighted by Gasteiger charge is -2.48. The first-order valence-electron chi connectivity index (χ1n) is 10.8. The van der Waals surface area contributed by atoms with Gasteiger partial charge < -0.3 is 77.6 Å². The Kier molecular flexibility index (Phi) is 8.99. The van der Waals surface area contributed by atoms with Gasteiger partial charge in [0.2, 0.25) is 0 Å². The molecule has 0 aromatic heterocycles. The van der Waals surface area contributed by atoms with E-state index < -0.39 is 98.4 Å². The van der Waals surface area contributed by atoms with Gasteiger partial charge in [-0.3, -0.25) is 0 Å². The molecule has 2 aliphatic heterocycles. The van der Waals surface area contributed by atoms with Gasteiger partial charge >= 0.3 is 0 Å². The molecule has 15 atom stereocenters. The van der Waals surface area contributed by atoms with E-state index in [0.717, 1.165) is 0 Å². The predicted octanol–water partition coefficient (Wildman–Crippen LogP) is -7.29. The van der Waals surface area contributed by atoms with Crippen molar-refractivity contribution in [2.24, 2.45) is 22.9 Å². The molecule has 0 bridgehead atoms. The molecule has 3 fully saturated rings. The second-order valence-electron chi connectivity index (χ2n) is 8.79. The molecule has 0 amide bonds. The number of nitrogens with two attached hydrogens (primary N) is 4. The zero-order chi connectivity index (χ0) is 24.6. The van der Waals surface area contributed by atoms with Crippen LogP contribution < -0.4 is 22.9 Å². The van der Waals surface area contributed by atoms with Crippen molar-refractivity contribution in [1.82, 2.24) is 0 Å². The van der Waals surface area contributed by atoms with Gasteiger partial charge in [-0.2, -0.15) is 0 Å². The van der Waals surface area contributed by atoms with Crippen LogP contribution in [0.2, 0.25) is 0 Å². The number of ether oxygens (including phenoxy) is 4. The first-order chi connectivity index (χ1) is 15.5. The van der Waals surface area contributed by atoms with E-state index >= 15 is 0 Å². The molecule has 6 unspecified atom stereocenters. The van der Waals surface area contributed by atoms with Crippen LogP contribution in [-0.4, -0.2) is 141 Å². The van der Waals surface area contributed by atoms with Crippen LogP contribution in [0.4, 0.5) is 0 Å². The molecule has 0 aromatic rings. The van der Waals surface area contributed by atoms with Crippen LogP contribution in [0.15, 0.2) is 0 Å². The lowest BCUT2D eigenvalue weighted by molar-refractivity contribution is -0.332. The summed E-state index contributed by atoms with van der Waals surface area (Å²) in [7, 11) is 0. The van der Waals surface area contributed by atoms with Gasteiger partial charge in [0.25, 0.3) is 0 Å². The SMILES string of the molecule is NCC1O[C@@H](O[C@@H]2C(N)C[C@@H](N)[C@@H](O[C@H]3OC(CO)[C@@H](O)[C@@H](N)C3O)C2O)C(O)[C@@H](O)[C@@H]1O. The van der Waals surface area contributed by atoms with Crippen LogP contribution in [-0.2, 0) is 18.9 Å². The summed E-state index contributed by atoms with van der Waals surface area (Å²) in [6.07, 6.45) is -16.5. The average Bonchev–Trinajstić information content (AvgIpc) is 2.79. The van der Waals surface area contributed by atoms with E-state index in [1.807, 2.05) is 0 Å². The highest BCUT2D eigenvalue weighted by Crippen LogP contribution is 2.31. The molecule has 2 heterocycles. The minimum Gasteiger partial charge on any atom is -0.394 e. The Balaban J connectivity index is 1.72. The molecule has 1 aliphatic carbocycles. The minimum absolute atomic E-state index is 0.0849. The average molecular weight is 485 g/mol. The number of aliphatic hydroxyl groups is 7. The van der Waals surface area contributed by atoms with Crippen molar-refractivity contribution in [3.05, 3.63) is 0 Å². The highest BCUT2D eigenvalue weighted by Gasteiger charge is 2.51. The number of hydrogen-bond donors (Lipinski definition) is 11. The normalized spacial score (nSPS) is 53.7. The predicted molar refractivity (Wildman–Crippen MR) is 108 cm³/mol. The second kappa shape index (κ2) is 11.0. The van der Waals surface area contributed by atoms with Crippen molar-refractivity contribution < 1.29 is 54.7 Å². The third kappa shape index (κ3) is 5.32. The first kappa shape index (κ1) is 27.0. The number of hydrogen-bond acceptors (Lipinski definition) is 15. The van der Waals surface area contributed by atoms with Crippen LogP contribution in [0, 0.1) is 0 Å². The van der Waals surface area contributed by atoms with E-state index in [1.54, 1.807) is 0 Å². The van der Waals surface area contributed by atoms with Crippen LogP contribution in [0.3, 0.4) is 0 Å². The Morgan fingerprint density at radius 1 is 0.667 bits per heavy atom. The molecule has 15 heteroatoms. The Morgan fingerprint density at radius 3 is 1.70 bits per heavy atom. The Hall–Kier alpha value is -0.600. The fourth-order valence-corrected chi connectivity index (χ4v) is 4.40. The van der Waals surface area contributed by atoms with E-state index in [-0.39, 0.29) is 13.0 Å². The zero-order valence-electron chi connectivity index (χ0n) is 17.9. The Morgan fingerprint density at radius 2 is 1.18 bits per heavy atom. The van der Waals surface area contributed by atoms with Gasteiger partial charge in [0, 0.05) is 18.6 Å². The van der Waals surface area contributed by atoms with E-state index in [4.69, 9.17) is 41.9 Å². The van der Waals surface area contributed by atoms with Crippen LogP contribution in [0.1, 0.15) is 6.42 Å². The summed E-state index contributed by atoms with van der Waals surface area (Å²) in [5.41, 5.74) is 23.5. The third-order valence-corrected chi connectivity index (χ3v) is 6.48. The van der Waals surface area contributed by atoms with Crippen LogP contribution >= 0.6 is 0 Å². The van der Waals surface area contributed by atoms with Crippen molar-refractivity contribution >= 4 is 0 Å². The highest BCUT2D eigenvalue weighted by molar-refractivity contribution is 5.01. The molecule has 33 heavy (non-hydrogen) atoms. The van der Waals surface area contributed by atoms with E-state index in [2.05, 4.69) is 0 Å². The quantitative estimate of drug-likeness (QED) is 0.167. The molecule has 15 N–H and O–H groups in total. The van der Waals surface area contributed by atoms with E-state index in [1.165, 1.54) is 0 Å². The summed E-state index contributed by atoms with van der Waals surface area (Å²) < 4.78 is 22.2. The van der Waals surface area contributed by atoms with Crippen molar-refractivity contribution in [2.75, 3.05) is 13.2 Å². The molecular weight excluding hydrogens is 448 g/mol. The summed E-state index contributed by atoms with van der Waals surface area (Å²) in [5.74, 6) is 0. The molecule has 0 spiro atoms. The molecule has 3 aliphatic rings. The molecular formula is C18H36N4O11. The summed E-state index contributed by atoms with van der Waals surface area (Å²) in [6.45, 7) is -0.763. The topological polar surface area (TPSA) is 283 Å². The highest BCUT2D eigenvalue weighted by atomic mass is 16.7. The van der Waals surface area contributed by atoms with Crippen molar-refractivity contribution in [3.8, 4) is 0 Å². The second-order valence-corrected chi connectivity index (χ2v) is 8.79. The van der Waals surface area contributed by atoms with Gasteiger partial charge in [-0.25, -0.2) is 0 Å². The molecule has 194 valence electrons. The van der Waals surface area contributed by atoms with Gasteiger partial charge in [0.15, 0.2) is 12.6 Å². The van der Waals surface area contributed by atoms with Gasteiger partial charge in [-0.1, -0.05) is 0 Å². The van der Waals surface area contributed by atoms with Gasteiger partial charge in [0.05, 0.1) is 12.6 Å². The monoisotopic (exact) mass is 484 g/mol. The van der Waals surface area contributed by atoms with E-state index in [9.17, 15) is 35.7 Å². The molecule has 15 nitrogen and oxygen atoms in total. The summed E-state index contributed by atoms with van der Waals surface area (Å²) in [6, 6.07) is -2.86. The van der Waals surface area contributed by atoms with Gasteiger partial charge in [0.1, 0.15) is 61.0 Å². The van der Waals surface area contributed by atoms with Crippen molar-refractivity contribution in [1.29, 1.82) is 0 Å². The number of rotatable bonds is 6. The van der Waals surface area contributed by atoms with Crippen LogP contribution in [0.25, 0.3) is 0 Å². The minimum atomic E-state index is -1.66. The maximum Gasteiger partial charge on any atom is 0.187 e. The first-order valence-corrected chi connectivity index (χ1v) is 10.8. The molecule has 0 aromatic carbocycles. The maximum atomic E-state index is 10.9. The molecule has 1 saturated carbocycles. The van der Waals surface area contributed by atoms with Crippen LogP contribution in [0.5, 0.6) is 0 Å². The summed E-state index contributed by atoms with van der Waals surface area (Å²) >= 11 is 0. The summed E-state index contributed by atoms with van der Waals surface area (Å²) in [4.78, 5) is 0. The van der Waals surface area contributed by atoms with Gasteiger partial charge in [-0.15, -0.1) is 0 Å².